The molecule has 0 unspecified atom stereocenters. The molecular formula is C16H11BrN2O3. The molecular weight excluding hydrogens is 348 g/mol. The highest BCUT2D eigenvalue weighted by molar-refractivity contribution is 9.10. The number of hydrogen-bond acceptors (Lipinski definition) is 3. The number of aromatic hydroxyl groups is 1. The summed E-state index contributed by atoms with van der Waals surface area (Å²) in [7, 11) is 0. The molecule has 5 nitrogen and oxygen atoms in total. The molecule has 2 aromatic carbocycles. The maximum absolute atomic E-state index is 12.4. The van der Waals surface area contributed by atoms with Gasteiger partial charge in [0.05, 0.1) is 5.69 Å². The van der Waals surface area contributed by atoms with E-state index in [-0.39, 0.29) is 11.3 Å². The van der Waals surface area contributed by atoms with Crippen LogP contribution in [0.5, 0.6) is 5.75 Å². The summed E-state index contributed by atoms with van der Waals surface area (Å²) in [6.45, 7) is 0. The van der Waals surface area contributed by atoms with Gasteiger partial charge < -0.3 is 5.11 Å². The first-order valence-corrected chi connectivity index (χ1v) is 7.26. The van der Waals surface area contributed by atoms with Crippen molar-refractivity contribution < 1.29 is 14.7 Å². The third-order valence-electron chi connectivity index (χ3n) is 3.19. The third-order valence-corrected chi connectivity index (χ3v) is 3.69. The van der Waals surface area contributed by atoms with E-state index in [9.17, 15) is 14.7 Å². The summed E-state index contributed by atoms with van der Waals surface area (Å²) in [5.41, 5.74) is 3.45. The maximum Gasteiger partial charge on any atom is 0.282 e. The van der Waals surface area contributed by atoms with Crippen LogP contribution < -0.4 is 10.4 Å². The Morgan fingerprint density at radius 3 is 2.59 bits per heavy atom. The number of amides is 2. The fraction of sp³-hybridized carbons (Fsp3) is 0. The lowest BCUT2D eigenvalue weighted by atomic mass is 10.1. The lowest BCUT2D eigenvalue weighted by Gasteiger charge is -2.14. The smallest absolute Gasteiger partial charge is 0.282 e. The third kappa shape index (κ3) is 2.60. The van der Waals surface area contributed by atoms with Gasteiger partial charge >= 0.3 is 0 Å². The van der Waals surface area contributed by atoms with Crippen molar-refractivity contribution in [2.45, 2.75) is 0 Å². The highest BCUT2D eigenvalue weighted by atomic mass is 79.9. The zero-order chi connectivity index (χ0) is 15.7. The van der Waals surface area contributed by atoms with E-state index in [0.29, 0.717) is 11.3 Å². The minimum Gasteiger partial charge on any atom is -0.507 e. The van der Waals surface area contributed by atoms with Crippen molar-refractivity contribution in [2.75, 3.05) is 5.01 Å². The van der Waals surface area contributed by atoms with Crippen LogP contribution in [0, 0.1) is 0 Å². The summed E-state index contributed by atoms with van der Waals surface area (Å²) in [5, 5.41) is 10.9. The molecule has 1 aliphatic rings. The van der Waals surface area contributed by atoms with Crippen molar-refractivity contribution >= 4 is 39.5 Å². The van der Waals surface area contributed by atoms with Crippen LogP contribution >= 0.6 is 15.9 Å². The SMILES string of the molecule is O=C1NN(c2cccc(Br)c2)C(=O)C1=Cc1ccccc1O. The summed E-state index contributed by atoms with van der Waals surface area (Å²) in [6, 6.07) is 13.5. The number of halogens is 1. The molecule has 1 heterocycles. The number of rotatable bonds is 2. The Kier molecular flexibility index (Phi) is 3.68. The average molecular weight is 359 g/mol. The number of carbonyl (C=O) groups excluding carboxylic acids is 2. The molecule has 2 aromatic rings. The molecule has 0 radical (unpaired) electrons. The van der Waals surface area contributed by atoms with Crippen LogP contribution in [0.25, 0.3) is 6.08 Å². The summed E-state index contributed by atoms with van der Waals surface area (Å²) >= 11 is 3.32. The Labute approximate surface area is 135 Å². The van der Waals surface area contributed by atoms with Crippen molar-refractivity contribution in [1.82, 2.24) is 5.43 Å². The molecule has 0 atom stereocenters. The zero-order valence-electron chi connectivity index (χ0n) is 11.3. The van der Waals surface area contributed by atoms with Gasteiger partial charge in [0.1, 0.15) is 11.3 Å². The van der Waals surface area contributed by atoms with Crippen LogP contribution in [0.3, 0.4) is 0 Å². The summed E-state index contributed by atoms with van der Waals surface area (Å²) in [4.78, 5) is 24.5. The molecule has 0 bridgehead atoms. The molecule has 110 valence electrons. The first-order valence-electron chi connectivity index (χ1n) is 6.47. The molecule has 0 aromatic heterocycles. The van der Waals surface area contributed by atoms with Crippen LogP contribution in [-0.2, 0) is 9.59 Å². The highest BCUT2D eigenvalue weighted by Crippen LogP contribution is 2.26. The second kappa shape index (κ2) is 5.65. The molecule has 0 spiro atoms. The fourth-order valence-corrected chi connectivity index (χ4v) is 2.51. The number of anilines is 1. The largest absolute Gasteiger partial charge is 0.507 e. The van der Waals surface area contributed by atoms with Gasteiger partial charge in [-0.2, -0.15) is 0 Å². The second-order valence-corrected chi connectivity index (χ2v) is 5.59. The second-order valence-electron chi connectivity index (χ2n) is 4.68. The van der Waals surface area contributed by atoms with Gasteiger partial charge in [0.2, 0.25) is 0 Å². The number of nitrogens with zero attached hydrogens (tertiary/aromatic N) is 1. The fourth-order valence-electron chi connectivity index (χ4n) is 2.12. The predicted molar refractivity (Wildman–Crippen MR) is 85.9 cm³/mol. The number of phenolic OH excluding ortho intramolecular Hbond substituents is 1. The Morgan fingerprint density at radius 2 is 1.86 bits per heavy atom. The minimum atomic E-state index is -0.506. The van der Waals surface area contributed by atoms with E-state index in [0.717, 1.165) is 4.47 Å². The van der Waals surface area contributed by atoms with E-state index < -0.39 is 11.8 Å². The maximum atomic E-state index is 12.4. The lowest BCUT2D eigenvalue weighted by Crippen LogP contribution is -2.35. The molecule has 3 rings (SSSR count). The zero-order valence-corrected chi connectivity index (χ0v) is 12.9. The number of para-hydroxylation sites is 1. The topological polar surface area (TPSA) is 69.6 Å². The highest BCUT2D eigenvalue weighted by Gasteiger charge is 2.34. The summed E-state index contributed by atoms with van der Waals surface area (Å²) < 4.78 is 0.796. The van der Waals surface area contributed by atoms with Crippen molar-refractivity contribution in [1.29, 1.82) is 0 Å². The van der Waals surface area contributed by atoms with Gasteiger partial charge in [-0.25, -0.2) is 5.01 Å². The monoisotopic (exact) mass is 358 g/mol. The molecule has 0 aliphatic carbocycles. The Hall–Kier alpha value is -2.60. The van der Waals surface area contributed by atoms with Crippen LogP contribution in [0.2, 0.25) is 0 Å². The molecule has 1 aliphatic heterocycles. The molecule has 6 heteroatoms. The number of carbonyl (C=O) groups is 2. The van der Waals surface area contributed by atoms with Gasteiger partial charge in [0.15, 0.2) is 0 Å². The van der Waals surface area contributed by atoms with Crippen molar-refractivity contribution in [3.63, 3.8) is 0 Å². The number of benzene rings is 2. The van der Waals surface area contributed by atoms with Crippen LogP contribution in [0.1, 0.15) is 5.56 Å². The van der Waals surface area contributed by atoms with E-state index in [1.54, 1.807) is 36.4 Å². The van der Waals surface area contributed by atoms with E-state index in [4.69, 9.17) is 0 Å². The molecule has 1 fully saturated rings. The van der Waals surface area contributed by atoms with Gasteiger partial charge in [-0.05, 0) is 30.3 Å². The van der Waals surface area contributed by atoms with Crippen LogP contribution in [0.4, 0.5) is 5.69 Å². The minimum absolute atomic E-state index is 0.0107. The van der Waals surface area contributed by atoms with Gasteiger partial charge in [0.25, 0.3) is 11.8 Å². The van der Waals surface area contributed by atoms with Crippen LogP contribution in [0.15, 0.2) is 58.6 Å². The Bertz CT molecular complexity index is 801. The first kappa shape index (κ1) is 14.3. The van der Waals surface area contributed by atoms with E-state index >= 15 is 0 Å². The summed E-state index contributed by atoms with van der Waals surface area (Å²) in [5.74, 6) is -0.962. The molecule has 2 N–H and O–H groups in total. The molecule has 22 heavy (non-hydrogen) atoms. The molecule has 2 amide bonds. The Balaban J connectivity index is 1.97. The normalized spacial score (nSPS) is 16.2. The van der Waals surface area contributed by atoms with Crippen molar-refractivity contribution in [2.24, 2.45) is 0 Å². The van der Waals surface area contributed by atoms with Crippen molar-refractivity contribution in [3.05, 3.63) is 64.1 Å². The molecule has 1 saturated heterocycles. The lowest BCUT2D eigenvalue weighted by molar-refractivity contribution is -0.117. The van der Waals surface area contributed by atoms with Gasteiger partial charge in [-0.15, -0.1) is 0 Å². The van der Waals surface area contributed by atoms with E-state index in [1.807, 2.05) is 6.07 Å². The number of hydrogen-bond donors (Lipinski definition) is 2. The predicted octanol–water partition coefficient (Wildman–Crippen LogP) is 2.62. The van der Waals surface area contributed by atoms with Gasteiger partial charge in [0, 0.05) is 10.0 Å². The van der Waals surface area contributed by atoms with E-state index in [1.165, 1.54) is 17.2 Å². The van der Waals surface area contributed by atoms with Crippen molar-refractivity contribution in [3.8, 4) is 5.75 Å². The van der Waals surface area contributed by atoms with Crippen LogP contribution in [-0.4, -0.2) is 16.9 Å². The first-order chi connectivity index (χ1) is 10.6. The van der Waals surface area contributed by atoms with Gasteiger partial charge in [-0.1, -0.05) is 40.2 Å². The van der Waals surface area contributed by atoms with E-state index in [2.05, 4.69) is 21.4 Å². The number of hydrazine groups is 1. The summed E-state index contributed by atoms with van der Waals surface area (Å²) in [6.07, 6.45) is 1.38. The molecule has 0 saturated carbocycles. The number of phenols is 1. The average Bonchev–Trinajstić information content (AvgIpc) is 2.77. The Morgan fingerprint density at radius 1 is 1.09 bits per heavy atom. The quantitative estimate of drug-likeness (QED) is 0.640. The van der Waals surface area contributed by atoms with Gasteiger partial charge in [-0.3, -0.25) is 15.0 Å². The standard InChI is InChI=1S/C16H11BrN2O3/c17-11-5-3-6-12(9-11)19-16(22)13(15(21)18-19)8-10-4-1-2-7-14(10)20/h1-9,20H,(H,18,21). The number of nitrogens with one attached hydrogen (secondary N) is 1.